The molecule has 1 aliphatic rings. The molecule has 0 saturated carbocycles. The Bertz CT molecular complexity index is 250. The second-order valence-electron chi connectivity index (χ2n) is 4.20. The number of amides is 1. The van der Waals surface area contributed by atoms with E-state index < -0.39 is 12.5 Å². The number of quaternary nitrogens is 1. The van der Waals surface area contributed by atoms with E-state index >= 15 is 0 Å². The summed E-state index contributed by atoms with van der Waals surface area (Å²) in [5.41, 5.74) is 0. The summed E-state index contributed by atoms with van der Waals surface area (Å²) in [6, 6.07) is 0. The highest BCUT2D eigenvalue weighted by molar-refractivity contribution is 5.80. The average Bonchev–Trinajstić information content (AvgIpc) is 2.25. The molecular weight excluding hydrogens is 210 g/mol. The Balaban J connectivity index is 2.09. The smallest absolute Gasteiger partial charge is 0.221 e. The second kappa shape index (κ2) is 6.44. The van der Waals surface area contributed by atoms with Crippen molar-refractivity contribution in [1.82, 2.24) is 10.2 Å². The normalized spacial score (nSPS) is 18.3. The number of likely N-dealkylation sites (N-methyl/N-ethyl adjacent to an activating group) is 1. The molecule has 0 atom stereocenters. The van der Waals surface area contributed by atoms with Gasteiger partial charge in [-0.15, -0.1) is 0 Å². The van der Waals surface area contributed by atoms with E-state index in [1.165, 1.54) is 4.90 Å². The molecular formula is C10H19N3O3. The van der Waals surface area contributed by atoms with Crippen molar-refractivity contribution in [2.75, 3.05) is 46.3 Å². The fraction of sp³-hybridized carbons (Fsp3) is 0.800. The van der Waals surface area contributed by atoms with Gasteiger partial charge in [-0.1, -0.05) is 0 Å². The first kappa shape index (κ1) is 12.9. The van der Waals surface area contributed by atoms with E-state index in [0.29, 0.717) is 13.0 Å². The van der Waals surface area contributed by atoms with Crippen molar-refractivity contribution in [2.45, 2.75) is 6.42 Å². The van der Waals surface area contributed by atoms with Gasteiger partial charge in [-0.3, -0.25) is 9.69 Å². The zero-order valence-electron chi connectivity index (χ0n) is 9.62. The molecule has 1 fully saturated rings. The molecule has 1 amide bonds. The number of aliphatic carboxylic acids is 1. The van der Waals surface area contributed by atoms with E-state index in [2.05, 4.69) is 17.3 Å². The van der Waals surface area contributed by atoms with Crippen molar-refractivity contribution in [3.63, 3.8) is 0 Å². The zero-order chi connectivity index (χ0) is 12.0. The minimum atomic E-state index is -1.25. The molecule has 0 bridgehead atoms. The van der Waals surface area contributed by atoms with Gasteiger partial charge in [0.15, 0.2) is 0 Å². The summed E-state index contributed by atoms with van der Waals surface area (Å²) in [5.74, 6) is -1.48. The fourth-order valence-corrected chi connectivity index (χ4v) is 1.68. The number of hydrogen-bond donors (Lipinski definition) is 2. The first-order chi connectivity index (χ1) is 7.58. The minimum absolute atomic E-state index is 0.226. The maximum atomic E-state index is 11.2. The Morgan fingerprint density at radius 3 is 2.56 bits per heavy atom. The number of carboxylic acids is 1. The van der Waals surface area contributed by atoms with Crippen LogP contribution in [0.3, 0.4) is 0 Å². The average molecular weight is 229 g/mol. The third-order valence-corrected chi connectivity index (χ3v) is 2.79. The van der Waals surface area contributed by atoms with Crippen molar-refractivity contribution < 1.29 is 19.6 Å². The largest absolute Gasteiger partial charge is 0.548 e. The van der Waals surface area contributed by atoms with Crippen molar-refractivity contribution in [1.29, 1.82) is 0 Å². The zero-order valence-corrected chi connectivity index (χ0v) is 9.62. The van der Waals surface area contributed by atoms with Gasteiger partial charge in [0, 0.05) is 26.1 Å². The molecule has 0 radical (unpaired) electrons. The fourth-order valence-electron chi connectivity index (χ4n) is 1.68. The monoisotopic (exact) mass is 229 g/mol. The van der Waals surface area contributed by atoms with E-state index in [-0.39, 0.29) is 5.91 Å². The lowest BCUT2D eigenvalue weighted by atomic mass is 10.3. The molecule has 0 aromatic carbocycles. The molecule has 1 heterocycles. The summed E-state index contributed by atoms with van der Waals surface area (Å²) in [5, 5.41) is 12.4. The van der Waals surface area contributed by atoms with Crippen LogP contribution < -0.4 is 15.3 Å². The molecule has 1 aliphatic heterocycles. The van der Waals surface area contributed by atoms with Gasteiger partial charge in [-0.2, -0.15) is 0 Å². The molecule has 16 heavy (non-hydrogen) atoms. The molecule has 2 N–H and O–H groups in total. The molecule has 6 nitrogen and oxygen atoms in total. The molecule has 0 aliphatic carbocycles. The lowest BCUT2D eigenvalue weighted by Gasteiger charge is -2.29. The number of rotatable bonds is 5. The minimum Gasteiger partial charge on any atom is -0.548 e. The number of carbonyl (C=O) groups excluding carboxylic acids is 2. The first-order valence-corrected chi connectivity index (χ1v) is 5.58. The molecule has 0 aromatic heterocycles. The summed E-state index contributed by atoms with van der Waals surface area (Å²) in [4.78, 5) is 25.1. The van der Waals surface area contributed by atoms with E-state index in [0.717, 1.165) is 26.2 Å². The van der Waals surface area contributed by atoms with Gasteiger partial charge in [0.1, 0.15) is 0 Å². The Labute approximate surface area is 95.2 Å². The Hall–Kier alpha value is -1.14. The highest BCUT2D eigenvalue weighted by Crippen LogP contribution is 1.92. The maximum Gasteiger partial charge on any atom is 0.221 e. The van der Waals surface area contributed by atoms with Crippen molar-refractivity contribution in [2.24, 2.45) is 0 Å². The highest BCUT2D eigenvalue weighted by atomic mass is 16.4. The topological polar surface area (TPSA) is 76.9 Å². The van der Waals surface area contributed by atoms with Crippen LogP contribution >= 0.6 is 0 Å². The molecule has 0 aromatic rings. The van der Waals surface area contributed by atoms with E-state index in [1.807, 2.05) is 0 Å². The molecule has 0 spiro atoms. The van der Waals surface area contributed by atoms with Crippen LogP contribution in [0.1, 0.15) is 6.42 Å². The third kappa shape index (κ3) is 5.09. The molecule has 92 valence electrons. The maximum absolute atomic E-state index is 11.2. The number of piperazine rings is 1. The van der Waals surface area contributed by atoms with Gasteiger partial charge in [-0.25, -0.2) is 0 Å². The molecule has 1 saturated heterocycles. The SMILES string of the molecule is C[NH+]1CCN(CCC(=O)NCC(=O)[O-])CC1. The summed E-state index contributed by atoms with van der Waals surface area (Å²) in [6.07, 6.45) is 0.353. The first-order valence-electron chi connectivity index (χ1n) is 5.58. The van der Waals surface area contributed by atoms with Gasteiger partial charge in [0.25, 0.3) is 0 Å². The predicted octanol–water partition coefficient (Wildman–Crippen LogP) is -3.93. The summed E-state index contributed by atoms with van der Waals surface area (Å²) in [6.45, 7) is 4.50. The van der Waals surface area contributed by atoms with Crippen molar-refractivity contribution in [3.05, 3.63) is 0 Å². The standard InChI is InChI=1S/C10H19N3O3/c1-12-4-6-13(7-5-12)3-2-9(14)11-8-10(15)16/h2-8H2,1H3,(H,11,14)(H,15,16). The Morgan fingerprint density at radius 1 is 1.38 bits per heavy atom. The quantitative estimate of drug-likeness (QED) is 0.505. The number of carboxylic acid groups (broad SMARTS) is 1. The predicted molar refractivity (Wildman–Crippen MR) is 55.7 cm³/mol. The Kier molecular flexibility index (Phi) is 5.21. The third-order valence-electron chi connectivity index (χ3n) is 2.79. The van der Waals surface area contributed by atoms with E-state index in [4.69, 9.17) is 0 Å². The van der Waals surface area contributed by atoms with Crippen LogP contribution in [-0.4, -0.2) is 63.1 Å². The number of hydrogen-bond acceptors (Lipinski definition) is 4. The van der Waals surface area contributed by atoms with Gasteiger partial charge < -0.3 is 20.1 Å². The van der Waals surface area contributed by atoms with Crippen molar-refractivity contribution in [3.8, 4) is 0 Å². The van der Waals surface area contributed by atoms with Crippen LogP contribution in [0.15, 0.2) is 0 Å². The van der Waals surface area contributed by atoms with Gasteiger partial charge in [-0.05, 0) is 0 Å². The number of nitrogens with zero attached hydrogens (tertiary/aromatic N) is 1. The number of carbonyl (C=O) groups is 2. The van der Waals surface area contributed by atoms with Gasteiger partial charge in [0.2, 0.25) is 5.91 Å². The van der Waals surface area contributed by atoms with Crippen LogP contribution in [0.4, 0.5) is 0 Å². The highest BCUT2D eigenvalue weighted by Gasteiger charge is 2.16. The lowest BCUT2D eigenvalue weighted by molar-refractivity contribution is -0.884. The second-order valence-corrected chi connectivity index (χ2v) is 4.20. The van der Waals surface area contributed by atoms with Crippen LogP contribution in [0, 0.1) is 0 Å². The van der Waals surface area contributed by atoms with Gasteiger partial charge in [0.05, 0.1) is 32.7 Å². The summed E-state index contributed by atoms with van der Waals surface area (Å²) < 4.78 is 0. The van der Waals surface area contributed by atoms with Crippen molar-refractivity contribution >= 4 is 11.9 Å². The van der Waals surface area contributed by atoms with E-state index in [1.54, 1.807) is 0 Å². The van der Waals surface area contributed by atoms with Crippen LogP contribution in [0.5, 0.6) is 0 Å². The summed E-state index contributed by atoms with van der Waals surface area (Å²) >= 11 is 0. The Morgan fingerprint density at radius 2 is 2.00 bits per heavy atom. The van der Waals surface area contributed by atoms with Crippen LogP contribution in [0.25, 0.3) is 0 Å². The molecule has 1 rings (SSSR count). The van der Waals surface area contributed by atoms with E-state index in [9.17, 15) is 14.7 Å². The number of nitrogens with one attached hydrogen (secondary N) is 2. The van der Waals surface area contributed by atoms with Crippen LogP contribution in [0.2, 0.25) is 0 Å². The lowest BCUT2D eigenvalue weighted by Crippen LogP contribution is -3.12. The van der Waals surface area contributed by atoms with Gasteiger partial charge >= 0.3 is 0 Å². The summed E-state index contributed by atoms with van der Waals surface area (Å²) in [7, 11) is 2.16. The molecule has 0 unspecified atom stereocenters. The molecule has 6 heteroatoms. The van der Waals surface area contributed by atoms with Crippen LogP contribution in [-0.2, 0) is 9.59 Å².